The lowest BCUT2D eigenvalue weighted by Gasteiger charge is -2.22. The normalized spacial score (nSPS) is 12.7. The Morgan fingerprint density at radius 2 is 2.11 bits per heavy atom. The van der Waals surface area contributed by atoms with Gasteiger partial charge in [0.05, 0.1) is 12.6 Å². The Bertz CT molecular complexity index is 388. The molecule has 0 spiro atoms. The van der Waals surface area contributed by atoms with Crippen LogP contribution in [0.4, 0.5) is 5.82 Å². The molecule has 0 radical (unpaired) electrons. The topological polar surface area (TPSA) is 56.3 Å². The van der Waals surface area contributed by atoms with Crippen LogP contribution in [0.25, 0.3) is 0 Å². The summed E-state index contributed by atoms with van der Waals surface area (Å²) in [5, 5.41) is 3.73. The fraction of sp³-hybridized carbons (Fsp3) is 0.692. The lowest BCUT2D eigenvalue weighted by Crippen LogP contribution is -2.31. The van der Waals surface area contributed by atoms with E-state index in [0.29, 0.717) is 42.5 Å². The summed E-state index contributed by atoms with van der Waals surface area (Å²) in [5.74, 6) is 1.70. The summed E-state index contributed by atoms with van der Waals surface area (Å²) in [6, 6.07) is 1.89. The second-order valence-corrected chi connectivity index (χ2v) is 4.97. The number of rotatable bonds is 8. The molecule has 1 unspecified atom stereocenters. The number of anilines is 1. The molecule has 1 aromatic rings. The van der Waals surface area contributed by atoms with Crippen molar-refractivity contribution in [3.05, 3.63) is 17.0 Å². The van der Waals surface area contributed by atoms with Gasteiger partial charge in [-0.1, -0.05) is 25.4 Å². The Kier molecular flexibility index (Phi) is 7.05. The van der Waals surface area contributed by atoms with Gasteiger partial charge in [-0.25, -0.2) is 9.97 Å². The fourth-order valence-corrected chi connectivity index (χ4v) is 1.77. The third-order valence-electron chi connectivity index (χ3n) is 2.66. The summed E-state index contributed by atoms with van der Waals surface area (Å²) >= 11 is 5.99. The van der Waals surface area contributed by atoms with Crippen LogP contribution in [-0.2, 0) is 16.1 Å². The molecule has 0 saturated heterocycles. The molecule has 0 saturated carbocycles. The quantitative estimate of drug-likeness (QED) is 0.745. The van der Waals surface area contributed by atoms with Gasteiger partial charge in [0.25, 0.3) is 0 Å². The summed E-state index contributed by atoms with van der Waals surface area (Å²) < 4.78 is 10.5. The maximum Gasteiger partial charge on any atom is 0.158 e. The molecule has 0 aliphatic heterocycles. The highest BCUT2D eigenvalue weighted by Gasteiger charge is 2.14. The minimum absolute atomic E-state index is 0.177. The van der Waals surface area contributed by atoms with E-state index in [9.17, 15) is 0 Å². The highest BCUT2D eigenvalue weighted by atomic mass is 35.5. The molecule has 1 N–H and O–H groups in total. The third kappa shape index (κ3) is 5.72. The molecule has 19 heavy (non-hydrogen) atoms. The molecule has 6 heteroatoms. The van der Waals surface area contributed by atoms with Crippen molar-refractivity contribution in [2.45, 2.75) is 33.4 Å². The molecule has 108 valence electrons. The smallest absolute Gasteiger partial charge is 0.158 e. The molecule has 1 rings (SSSR count). The van der Waals surface area contributed by atoms with Gasteiger partial charge in [0.2, 0.25) is 0 Å². The first-order valence-corrected chi connectivity index (χ1v) is 6.81. The molecular formula is C13H22ClN3O2. The zero-order chi connectivity index (χ0) is 14.3. The molecule has 0 aliphatic carbocycles. The maximum absolute atomic E-state index is 5.99. The number of hydrogen-bond acceptors (Lipinski definition) is 5. The Morgan fingerprint density at radius 1 is 1.37 bits per heavy atom. The van der Waals surface area contributed by atoms with Gasteiger partial charge in [-0.3, -0.25) is 0 Å². The number of ether oxygens (including phenoxy) is 2. The second-order valence-electron chi connectivity index (χ2n) is 4.58. The van der Waals surface area contributed by atoms with Crippen LogP contribution in [0.2, 0.25) is 5.15 Å². The van der Waals surface area contributed by atoms with Crippen molar-refractivity contribution in [1.29, 1.82) is 0 Å². The summed E-state index contributed by atoms with van der Waals surface area (Å²) in [6.07, 6.45) is 0. The Balaban J connectivity index is 2.78. The van der Waals surface area contributed by atoms with Crippen LogP contribution in [0.3, 0.4) is 0 Å². The van der Waals surface area contributed by atoms with Crippen LogP contribution in [0.1, 0.15) is 26.6 Å². The molecule has 1 heterocycles. The average molecular weight is 288 g/mol. The molecule has 1 aromatic heterocycles. The van der Waals surface area contributed by atoms with E-state index < -0.39 is 0 Å². The number of aromatic nitrogens is 2. The molecule has 1 atom stereocenters. The predicted octanol–water partition coefficient (Wildman–Crippen LogP) is 2.75. The second kappa shape index (κ2) is 8.30. The number of methoxy groups -OCH3 is 1. The standard InChI is InChI=1S/C13H22ClN3O2/c1-5-19-8-13-16-11(14)6-12(17-13)15-10(7-18-4)9(2)3/h6,9-10H,5,7-8H2,1-4H3,(H,15,16,17). The van der Waals surface area contributed by atoms with E-state index in [1.54, 1.807) is 13.2 Å². The third-order valence-corrected chi connectivity index (χ3v) is 2.85. The van der Waals surface area contributed by atoms with E-state index in [1.165, 1.54) is 0 Å². The van der Waals surface area contributed by atoms with Gasteiger partial charge in [0, 0.05) is 19.8 Å². The van der Waals surface area contributed by atoms with Gasteiger partial charge in [-0.05, 0) is 12.8 Å². The van der Waals surface area contributed by atoms with Crippen molar-refractivity contribution < 1.29 is 9.47 Å². The molecule has 0 aliphatic rings. The van der Waals surface area contributed by atoms with Crippen molar-refractivity contribution in [3.63, 3.8) is 0 Å². The summed E-state index contributed by atoms with van der Waals surface area (Å²) in [4.78, 5) is 8.52. The highest BCUT2D eigenvalue weighted by molar-refractivity contribution is 6.29. The Labute approximate surface area is 119 Å². The number of nitrogens with zero attached hydrogens (tertiary/aromatic N) is 2. The van der Waals surface area contributed by atoms with Crippen LogP contribution < -0.4 is 5.32 Å². The van der Waals surface area contributed by atoms with Gasteiger partial charge in [0.1, 0.15) is 17.6 Å². The SMILES string of the molecule is CCOCc1nc(Cl)cc(NC(COC)C(C)C)n1. The monoisotopic (exact) mass is 287 g/mol. The van der Waals surface area contributed by atoms with E-state index in [-0.39, 0.29) is 6.04 Å². The number of hydrogen-bond donors (Lipinski definition) is 1. The van der Waals surface area contributed by atoms with Crippen molar-refractivity contribution in [1.82, 2.24) is 9.97 Å². The lowest BCUT2D eigenvalue weighted by molar-refractivity contribution is 0.128. The first-order chi connectivity index (χ1) is 9.06. The zero-order valence-corrected chi connectivity index (χ0v) is 12.7. The van der Waals surface area contributed by atoms with E-state index in [2.05, 4.69) is 29.1 Å². The van der Waals surface area contributed by atoms with E-state index >= 15 is 0 Å². The highest BCUT2D eigenvalue weighted by Crippen LogP contribution is 2.15. The number of halogens is 1. The summed E-state index contributed by atoms with van der Waals surface area (Å²) in [5.41, 5.74) is 0. The van der Waals surface area contributed by atoms with Crippen LogP contribution in [0.15, 0.2) is 6.07 Å². The van der Waals surface area contributed by atoms with Crippen molar-refractivity contribution in [2.75, 3.05) is 25.6 Å². The maximum atomic E-state index is 5.99. The molecule has 0 fully saturated rings. The minimum atomic E-state index is 0.177. The molecular weight excluding hydrogens is 266 g/mol. The van der Waals surface area contributed by atoms with Crippen LogP contribution in [0, 0.1) is 5.92 Å². The van der Waals surface area contributed by atoms with Gasteiger partial charge in [-0.15, -0.1) is 0 Å². The fourth-order valence-electron chi connectivity index (χ4n) is 1.57. The van der Waals surface area contributed by atoms with Gasteiger partial charge >= 0.3 is 0 Å². The Morgan fingerprint density at radius 3 is 2.68 bits per heavy atom. The average Bonchev–Trinajstić information content (AvgIpc) is 2.35. The molecule has 5 nitrogen and oxygen atoms in total. The van der Waals surface area contributed by atoms with Crippen molar-refractivity contribution in [3.8, 4) is 0 Å². The van der Waals surface area contributed by atoms with Crippen LogP contribution in [-0.4, -0.2) is 36.3 Å². The largest absolute Gasteiger partial charge is 0.383 e. The molecule has 0 amide bonds. The Hall–Kier alpha value is -0.910. The zero-order valence-electron chi connectivity index (χ0n) is 11.9. The van der Waals surface area contributed by atoms with Crippen molar-refractivity contribution in [2.24, 2.45) is 5.92 Å². The van der Waals surface area contributed by atoms with Crippen molar-refractivity contribution >= 4 is 17.4 Å². The summed E-state index contributed by atoms with van der Waals surface area (Å²) in [6.45, 7) is 7.78. The first kappa shape index (κ1) is 16.1. The minimum Gasteiger partial charge on any atom is -0.383 e. The van der Waals surface area contributed by atoms with E-state index in [4.69, 9.17) is 21.1 Å². The van der Waals surface area contributed by atoms with E-state index in [0.717, 1.165) is 0 Å². The predicted molar refractivity (Wildman–Crippen MR) is 76.5 cm³/mol. The van der Waals surface area contributed by atoms with Gasteiger partial charge < -0.3 is 14.8 Å². The van der Waals surface area contributed by atoms with Gasteiger partial charge in [-0.2, -0.15) is 0 Å². The van der Waals surface area contributed by atoms with Gasteiger partial charge in [0.15, 0.2) is 5.82 Å². The van der Waals surface area contributed by atoms with Crippen LogP contribution in [0.5, 0.6) is 0 Å². The molecule has 0 aromatic carbocycles. The van der Waals surface area contributed by atoms with Crippen LogP contribution >= 0.6 is 11.6 Å². The lowest BCUT2D eigenvalue weighted by atomic mass is 10.1. The van der Waals surface area contributed by atoms with E-state index in [1.807, 2.05) is 6.92 Å². The summed E-state index contributed by atoms with van der Waals surface area (Å²) in [7, 11) is 1.69. The first-order valence-electron chi connectivity index (χ1n) is 6.43. The molecule has 0 bridgehead atoms. The number of nitrogens with one attached hydrogen (secondary N) is 1.